The van der Waals surface area contributed by atoms with E-state index in [9.17, 15) is 9.59 Å². The van der Waals surface area contributed by atoms with E-state index in [1.54, 1.807) is 0 Å². The van der Waals surface area contributed by atoms with Gasteiger partial charge in [0, 0.05) is 26.0 Å². The van der Waals surface area contributed by atoms with Crippen molar-refractivity contribution in [1.29, 1.82) is 0 Å². The number of likely N-dealkylation sites (tertiary alicyclic amines) is 1. The van der Waals surface area contributed by atoms with Gasteiger partial charge < -0.3 is 23.8 Å². The van der Waals surface area contributed by atoms with Gasteiger partial charge in [-0.15, -0.1) is 0 Å². The Hall–Kier alpha value is -1.96. The highest BCUT2D eigenvalue weighted by molar-refractivity contribution is 5.77. The van der Waals surface area contributed by atoms with Crippen molar-refractivity contribution < 1.29 is 28.5 Å². The van der Waals surface area contributed by atoms with E-state index in [4.69, 9.17) is 18.9 Å². The Kier molecular flexibility index (Phi) is 25.6. The average Bonchev–Trinajstić information content (AvgIpc) is 3.68. The summed E-state index contributed by atoms with van der Waals surface area (Å²) in [5.74, 6) is 4.32. The summed E-state index contributed by atoms with van der Waals surface area (Å²) in [5.41, 5.74) is 2.26. The standard InChI is InChI=1S/C60H103NO6/c1-7-8-9-10-11-12-13-14-15-16-17-18-19-20-21-25-42-64-47-52(46-61-40-23-22-24-41-61)65-43-27-44-66-57(62)34-35-58(63)67-51-36-38-59(5)50(45-51)30-31-53-55-33-32-54(49(4)29-26-28-48(2)3)60(55,6)39-37-56(53)59/h11-12,14-15,30,48-49,51-56H,7-10,13,16-29,31-47H2,1-6H3/b12-11-,15-14-/t49?,51?,52?,53?,54?,55?,56-,59?,60?/m0/s1. The number of allylic oxidation sites excluding steroid dienone is 5. The second-order valence-corrected chi connectivity index (χ2v) is 23.2. The first-order chi connectivity index (χ1) is 32.5. The summed E-state index contributed by atoms with van der Waals surface area (Å²) >= 11 is 0. The molecule has 384 valence electrons. The second-order valence-electron chi connectivity index (χ2n) is 23.2. The van der Waals surface area contributed by atoms with Gasteiger partial charge in [-0.2, -0.15) is 0 Å². The summed E-state index contributed by atoms with van der Waals surface area (Å²) in [6.07, 6.45) is 45.2. The molecule has 0 aromatic heterocycles. The fourth-order valence-corrected chi connectivity index (χ4v) is 13.8. The highest BCUT2D eigenvalue weighted by Gasteiger charge is 2.59. The number of unbranched alkanes of at least 4 members (excludes halogenated alkanes) is 9. The van der Waals surface area contributed by atoms with Crippen molar-refractivity contribution in [3.63, 3.8) is 0 Å². The van der Waals surface area contributed by atoms with Crippen LogP contribution in [0, 0.1) is 46.3 Å². The van der Waals surface area contributed by atoms with E-state index in [1.165, 1.54) is 140 Å². The molecule has 9 atom stereocenters. The fraction of sp³-hybridized carbons (Fsp3) is 0.867. The van der Waals surface area contributed by atoms with Crippen LogP contribution in [0.15, 0.2) is 36.0 Å². The van der Waals surface area contributed by atoms with Crippen LogP contribution in [0.1, 0.15) is 228 Å². The SMILES string of the molecule is CCCCC/C=C\C/C=C\CCCCCCCCOCC(CN1CCCCC1)OCCCOC(=O)CCC(=O)OC1CCC2(C)C(=CCC3C4CCC(C(C)CCCC(C)C)C4(C)CC[C@@H]32)C1. The Bertz CT molecular complexity index is 1480. The van der Waals surface area contributed by atoms with Gasteiger partial charge in [0.25, 0.3) is 0 Å². The maximum atomic E-state index is 13.0. The highest BCUT2D eigenvalue weighted by Crippen LogP contribution is 2.67. The largest absolute Gasteiger partial charge is 0.466 e. The molecule has 4 aliphatic carbocycles. The minimum Gasteiger partial charge on any atom is -0.466 e. The van der Waals surface area contributed by atoms with E-state index in [1.807, 2.05) is 0 Å². The summed E-state index contributed by atoms with van der Waals surface area (Å²) < 4.78 is 24.1. The highest BCUT2D eigenvalue weighted by atomic mass is 16.6. The van der Waals surface area contributed by atoms with Crippen molar-refractivity contribution in [1.82, 2.24) is 4.90 Å². The van der Waals surface area contributed by atoms with Crippen LogP contribution < -0.4 is 0 Å². The molecule has 0 radical (unpaired) electrons. The molecule has 1 heterocycles. The van der Waals surface area contributed by atoms with Crippen molar-refractivity contribution in [2.75, 3.05) is 46.1 Å². The Morgan fingerprint density at radius 2 is 1.48 bits per heavy atom. The zero-order chi connectivity index (χ0) is 47.7. The predicted molar refractivity (Wildman–Crippen MR) is 278 cm³/mol. The quantitative estimate of drug-likeness (QED) is 0.0369. The molecule has 1 saturated heterocycles. The van der Waals surface area contributed by atoms with E-state index < -0.39 is 0 Å². The van der Waals surface area contributed by atoms with Crippen LogP contribution in [0.4, 0.5) is 0 Å². The van der Waals surface area contributed by atoms with Gasteiger partial charge in [0.15, 0.2) is 0 Å². The minimum atomic E-state index is -0.334. The number of hydrogen-bond acceptors (Lipinski definition) is 7. The van der Waals surface area contributed by atoms with Crippen LogP contribution in [0.5, 0.6) is 0 Å². The van der Waals surface area contributed by atoms with E-state index >= 15 is 0 Å². The number of fused-ring (bicyclic) bond motifs is 5. The molecule has 7 heteroatoms. The molecule has 0 amide bonds. The molecular weight excluding hydrogens is 831 g/mol. The Morgan fingerprint density at radius 3 is 2.24 bits per heavy atom. The lowest BCUT2D eigenvalue weighted by Crippen LogP contribution is -2.51. The molecule has 4 fully saturated rings. The smallest absolute Gasteiger partial charge is 0.306 e. The molecule has 5 aliphatic rings. The Balaban J connectivity index is 0.909. The summed E-state index contributed by atoms with van der Waals surface area (Å²) in [4.78, 5) is 28.2. The summed E-state index contributed by atoms with van der Waals surface area (Å²) in [7, 11) is 0. The van der Waals surface area contributed by atoms with E-state index in [2.05, 4.69) is 76.8 Å². The van der Waals surface area contributed by atoms with E-state index in [-0.39, 0.29) is 42.4 Å². The van der Waals surface area contributed by atoms with Crippen LogP contribution in [0.25, 0.3) is 0 Å². The molecule has 0 aromatic carbocycles. The number of nitrogens with zero attached hydrogens (tertiary/aromatic N) is 1. The Morgan fingerprint density at radius 1 is 0.746 bits per heavy atom. The molecule has 7 nitrogen and oxygen atoms in total. The lowest BCUT2D eigenvalue weighted by Gasteiger charge is -2.58. The average molecular weight is 934 g/mol. The third-order valence-corrected chi connectivity index (χ3v) is 17.7. The van der Waals surface area contributed by atoms with Crippen LogP contribution in [0.3, 0.4) is 0 Å². The van der Waals surface area contributed by atoms with Gasteiger partial charge >= 0.3 is 11.9 Å². The number of piperidine rings is 1. The van der Waals surface area contributed by atoms with Gasteiger partial charge in [0.2, 0.25) is 0 Å². The first-order valence-corrected chi connectivity index (χ1v) is 28.8. The summed E-state index contributed by atoms with van der Waals surface area (Å²) in [5, 5.41) is 0. The van der Waals surface area contributed by atoms with Crippen LogP contribution in [0.2, 0.25) is 0 Å². The summed E-state index contributed by atoms with van der Waals surface area (Å²) in [6.45, 7) is 20.1. The number of rotatable bonds is 33. The number of esters is 2. The molecule has 0 bridgehead atoms. The van der Waals surface area contributed by atoms with Crippen molar-refractivity contribution >= 4 is 11.9 Å². The summed E-state index contributed by atoms with van der Waals surface area (Å²) in [6, 6.07) is 0. The molecule has 8 unspecified atom stereocenters. The predicted octanol–water partition coefficient (Wildman–Crippen LogP) is 15.4. The third-order valence-electron chi connectivity index (χ3n) is 17.7. The first kappa shape index (κ1) is 56.0. The molecule has 0 N–H and O–H groups in total. The van der Waals surface area contributed by atoms with Crippen LogP contribution >= 0.6 is 0 Å². The molecule has 1 aliphatic heterocycles. The molecule has 0 aromatic rings. The Labute approximate surface area is 412 Å². The van der Waals surface area contributed by atoms with Crippen molar-refractivity contribution in [2.24, 2.45) is 46.3 Å². The topological polar surface area (TPSA) is 74.3 Å². The maximum Gasteiger partial charge on any atom is 0.306 e. The van der Waals surface area contributed by atoms with Gasteiger partial charge in [-0.3, -0.25) is 9.59 Å². The van der Waals surface area contributed by atoms with Crippen LogP contribution in [-0.2, 0) is 28.5 Å². The fourth-order valence-electron chi connectivity index (χ4n) is 13.8. The van der Waals surface area contributed by atoms with Gasteiger partial charge in [0.1, 0.15) is 6.10 Å². The van der Waals surface area contributed by atoms with Crippen molar-refractivity contribution in [3.05, 3.63) is 36.0 Å². The van der Waals surface area contributed by atoms with Gasteiger partial charge in [-0.1, -0.05) is 142 Å². The first-order valence-electron chi connectivity index (χ1n) is 28.8. The molecular formula is C60H103NO6. The van der Waals surface area contributed by atoms with Gasteiger partial charge in [-0.25, -0.2) is 0 Å². The lowest BCUT2D eigenvalue weighted by atomic mass is 9.47. The number of carbonyl (C=O) groups is 2. The third kappa shape index (κ3) is 18.6. The maximum absolute atomic E-state index is 13.0. The van der Waals surface area contributed by atoms with Gasteiger partial charge in [-0.05, 0) is 156 Å². The van der Waals surface area contributed by atoms with Crippen molar-refractivity contribution in [3.8, 4) is 0 Å². The van der Waals surface area contributed by atoms with Crippen LogP contribution in [-0.4, -0.2) is 75.1 Å². The lowest BCUT2D eigenvalue weighted by molar-refractivity contribution is -0.155. The zero-order valence-corrected chi connectivity index (χ0v) is 44.4. The zero-order valence-electron chi connectivity index (χ0n) is 44.4. The normalized spacial score (nSPS) is 28.6. The second kappa shape index (κ2) is 30.7. The van der Waals surface area contributed by atoms with Crippen molar-refractivity contribution in [2.45, 2.75) is 240 Å². The monoisotopic (exact) mass is 934 g/mol. The van der Waals surface area contributed by atoms with E-state index in [0.29, 0.717) is 31.7 Å². The number of ether oxygens (including phenoxy) is 4. The van der Waals surface area contributed by atoms with Gasteiger partial charge in [0.05, 0.1) is 38.8 Å². The molecule has 67 heavy (non-hydrogen) atoms. The number of hydrogen-bond donors (Lipinski definition) is 0. The van der Waals surface area contributed by atoms with E-state index in [0.717, 1.165) is 93.9 Å². The molecule has 5 rings (SSSR count). The molecule has 3 saturated carbocycles. The number of carbonyl (C=O) groups excluding carboxylic acids is 2. The minimum absolute atomic E-state index is 0.0215. The molecule has 0 spiro atoms.